The van der Waals surface area contributed by atoms with Crippen LogP contribution in [-0.4, -0.2) is 56.6 Å². The van der Waals surface area contributed by atoms with Gasteiger partial charge in [-0.1, -0.05) is 24.6 Å². The second kappa shape index (κ2) is 12.0. The van der Waals surface area contributed by atoms with Crippen LogP contribution in [0.25, 0.3) is 21.6 Å². The fourth-order valence-corrected chi connectivity index (χ4v) is 7.42. The van der Waals surface area contributed by atoms with E-state index < -0.39 is 27.9 Å². The van der Waals surface area contributed by atoms with E-state index in [2.05, 4.69) is 10.3 Å². The van der Waals surface area contributed by atoms with Crippen LogP contribution in [0.1, 0.15) is 55.8 Å². The van der Waals surface area contributed by atoms with Gasteiger partial charge in [0.25, 0.3) is 15.9 Å². The third-order valence-corrected chi connectivity index (χ3v) is 9.97. The standard InChI is InChI=1S/C31H29N3O7S2/c1-4-13-32-29(35)25-10-9-21(27(33-25)31(38)41-3)22-17-26-24(16-23(22)30(36)37)28-19(12-15-42-28)11-14-34(26)43(39,40)20-7-5-18(2)6-8-20/h5-10,12,15-17H,4,11,13-14H2,1-3H3,(H,32,35)(H,36,37). The van der Waals surface area contributed by atoms with Crippen molar-refractivity contribution in [3.8, 4) is 21.6 Å². The first-order valence-electron chi connectivity index (χ1n) is 13.5. The minimum absolute atomic E-state index is 0.0453. The number of carbonyl (C=O) groups is 3. The lowest BCUT2D eigenvalue weighted by Crippen LogP contribution is -2.32. The third-order valence-electron chi connectivity index (χ3n) is 7.15. The van der Waals surface area contributed by atoms with Gasteiger partial charge in [-0.15, -0.1) is 11.3 Å². The number of aromatic carboxylic acids is 1. The molecule has 12 heteroatoms. The molecule has 10 nitrogen and oxygen atoms in total. The molecule has 0 saturated heterocycles. The Morgan fingerprint density at radius 3 is 2.47 bits per heavy atom. The van der Waals surface area contributed by atoms with Gasteiger partial charge in [-0.2, -0.15) is 0 Å². The molecule has 1 amide bonds. The van der Waals surface area contributed by atoms with Gasteiger partial charge in [0.2, 0.25) is 0 Å². The molecule has 0 fully saturated rings. The number of anilines is 1. The molecule has 1 aliphatic heterocycles. The first-order chi connectivity index (χ1) is 20.6. The molecule has 4 aromatic rings. The van der Waals surface area contributed by atoms with Crippen LogP contribution in [0.4, 0.5) is 5.69 Å². The molecular formula is C31H29N3O7S2. The molecule has 43 heavy (non-hydrogen) atoms. The van der Waals surface area contributed by atoms with E-state index in [0.717, 1.165) is 23.1 Å². The number of nitrogens with one attached hydrogen (secondary N) is 1. The number of esters is 1. The highest BCUT2D eigenvalue weighted by atomic mass is 32.2. The lowest BCUT2D eigenvalue weighted by atomic mass is 9.93. The summed E-state index contributed by atoms with van der Waals surface area (Å²) in [5.74, 6) is -2.66. The van der Waals surface area contributed by atoms with Gasteiger partial charge in [-0.25, -0.2) is 23.0 Å². The van der Waals surface area contributed by atoms with E-state index in [9.17, 15) is 27.9 Å². The van der Waals surface area contributed by atoms with Crippen molar-refractivity contribution in [1.29, 1.82) is 0 Å². The maximum atomic E-state index is 14.1. The number of nitrogens with zero attached hydrogens (tertiary/aromatic N) is 2. The molecule has 2 N–H and O–H groups in total. The molecular weight excluding hydrogens is 590 g/mol. The van der Waals surface area contributed by atoms with Crippen LogP contribution in [0, 0.1) is 6.92 Å². The number of rotatable bonds is 8. The summed E-state index contributed by atoms with van der Waals surface area (Å²) in [6.45, 7) is 4.27. The van der Waals surface area contributed by atoms with E-state index in [1.165, 1.54) is 39.9 Å². The molecule has 222 valence electrons. The Labute approximate surface area is 253 Å². The lowest BCUT2D eigenvalue weighted by molar-refractivity contribution is 0.0593. The first kappa shape index (κ1) is 29.9. The molecule has 0 bridgehead atoms. The third kappa shape index (κ3) is 5.63. The Hall–Kier alpha value is -4.55. The molecule has 1 aliphatic rings. The number of hydrogen-bond donors (Lipinski definition) is 2. The summed E-state index contributed by atoms with van der Waals surface area (Å²) in [6.07, 6.45) is 1.10. The van der Waals surface area contributed by atoms with Crippen molar-refractivity contribution >= 4 is 44.9 Å². The minimum Gasteiger partial charge on any atom is -0.478 e. The molecule has 0 unspecified atom stereocenters. The number of methoxy groups -OCH3 is 1. The summed E-state index contributed by atoms with van der Waals surface area (Å²) >= 11 is 1.39. The Balaban J connectivity index is 1.77. The average molecular weight is 620 g/mol. The maximum Gasteiger partial charge on any atom is 0.357 e. The molecule has 0 aliphatic carbocycles. The smallest absolute Gasteiger partial charge is 0.357 e. The van der Waals surface area contributed by atoms with E-state index >= 15 is 0 Å². The zero-order valence-electron chi connectivity index (χ0n) is 23.7. The van der Waals surface area contributed by atoms with Crippen molar-refractivity contribution in [2.75, 3.05) is 24.5 Å². The van der Waals surface area contributed by atoms with Gasteiger partial charge in [0.05, 0.1) is 23.3 Å². The number of sulfonamides is 1. The highest BCUT2D eigenvalue weighted by molar-refractivity contribution is 7.92. The van der Waals surface area contributed by atoms with Gasteiger partial charge in [-0.05, 0) is 73.2 Å². The van der Waals surface area contributed by atoms with Gasteiger partial charge < -0.3 is 15.2 Å². The summed E-state index contributed by atoms with van der Waals surface area (Å²) in [6, 6.07) is 14.2. The van der Waals surface area contributed by atoms with Crippen LogP contribution in [0.15, 0.2) is 64.9 Å². The summed E-state index contributed by atoms with van der Waals surface area (Å²) in [4.78, 5) is 43.3. The number of fused-ring (bicyclic) bond motifs is 3. The van der Waals surface area contributed by atoms with Crippen LogP contribution < -0.4 is 9.62 Å². The van der Waals surface area contributed by atoms with E-state index in [1.54, 1.807) is 24.3 Å². The summed E-state index contributed by atoms with van der Waals surface area (Å²) in [5, 5.41) is 14.9. The quantitative estimate of drug-likeness (QED) is 0.258. The van der Waals surface area contributed by atoms with Gasteiger partial charge in [0, 0.05) is 34.7 Å². The minimum atomic E-state index is -4.07. The van der Waals surface area contributed by atoms with Crippen molar-refractivity contribution in [1.82, 2.24) is 10.3 Å². The summed E-state index contributed by atoms with van der Waals surface area (Å²) in [5.41, 5.74) is 2.18. The Bertz CT molecular complexity index is 1850. The molecule has 3 heterocycles. The molecule has 0 radical (unpaired) electrons. The van der Waals surface area contributed by atoms with E-state index in [0.29, 0.717) is 24.9 Å². The van der Waals surface area contributed by atoms with Crippen LogP contribution in [0.3, 0.4) is 0 Å². The zero-order chi connectivity index (χ0) is 30.9. The van der Waals surface area contributed by atoms with Crippen LogP contribution in [-0.2, 0) is 21.2 Å². The number of amides is 1. The van der Waals surface area contributed by atoms with Crippen molar-refractivity contribution in [3.63, 3.8) is 0 Å². The van der Waals surface area contributed by atoms with Gasteiger partial charge in [-0.3, -0.25) is 9.10 Å². The SMILES string of the molecule is CCCNC(=O)c1ccc(-c2cc3c(cc2C(=O)O)-c2sccc2CCN3S(=O)(=O)c2ccc(C)cc2)c(C(=O)OC)n1. The highest BCUT2D eigenvalue weighted by Gasteiger charge is 2.33. The van der Waals surface area contributed by atoms with Crippen LogP contribution >= 0.6 is 11.3 Å². The molecule has 5 rings (SSSR count). The number of pyridine rings is 1. The molecule has 0 saturated carbocycles. The fourth-order valence-electron chi connectivity index (χ4n) is 4.96. The number of benzene rings is 2. The van der Waals surface area contributed by atoms with Crippen LogP contribution in [0.5, 0.6) is 0 Å². The number of carboxylic acids is 1. The summed E-state index contributed by atoms with van der Waals surface area (Å²) < 4.78 is 34.4. The molecule has 0 spiro atoms. The van der Waals surface area contributed by atoms with Crippen LogP contribution in [0.2, 0.25) is 0 Å². The normalized spacial score (nSPS) is 12.6. The zero-order valence-corrected chi connectivity index (χ0v) is 25.3. The molecule has 0 atom stereocenters. The van der Waals surface area contributed by atoms with Crippen molar-refractivity contribution < 1.29 is 32.6 Å². The largest absolute Gasteiger partial charge is 0.478 e. The highest BCUT2D eigenvalue weighted by Crippen LogP contribution is 2.45. The van der Waals surface area contributed by atoms with E-state index in [-0.39, 0.29) is 45.2 Å². The number of thiophene rings is 1. The monoisotopic (exact) mass is 619 g/mol. The average Bonchev–Trinajstić information content (AvgIpc) is 3.41. The van der Waals surface area contributed by atoms with Gasteiger partial charge in [0.15, 0.2) is 5.69 Å². The predicted molar refractivity (Wildman–Crippen MR) is 163 cm³/mol. The number of ether oxygens (including phenoxy) is 1. The number of hydrogen-bond acceptors (Lipinski definition) is 8. The molecule has 2 aromatic carbocycles. The Kier molecular flexibility index (Phi) is 8.34. The molecule has 2 aromatic heterocycles. The van der Waals surface area contributed by atoms with Gasteiger partial charge in [0.1, 0.15) is 5.69 Å². The number of carbonyl (C=O) groups excluding carboxylic acids is 2. The fraction of sp³-hybridized carbons (Fsp3) is 0.226. The number of aryl methyl sites for hydroxylation is 1. The first-order valence-corrected chi connectivity index (χ1v) is 15.8. The number of carboxylic acid groups (broad SMARTS) is 1. The van der Waals surface area contributed by atoms with Crippen molar-refractivity contribution in [2.24, 2.45) is 0 Å². The second-order valence-electron chi connectivity index (χ2n) is 9.98. The Morgan fingerprint density at radius 1 is 1.05 bits per heavy atom. The summed E-state index contributed by atoms with van der Waals surface area (Å²) in [7, 11) is -2.92. The lowest BCUT2D eigenvalue weighted by Gasteiger charge is -2.26. The van der Waals surface area contributed by atoms with E-state index in [1.807, 2.05) is 25.3 Å². The second-order valence-corrected chi connectivity index (χ2v) is 12.8. The topological polar surface area (TPSA) is 143 Å². The van der Waals surface area contributed by atoms with Crippen molar-refractivity contribution in [3.05, 3.63) is 88.1 Å². The van der Waals surface area contributed by atoms with Gasteiger partial charge >= 0.3 is 11.9 Å². The van der Waals surface area contributed by atoms with Crippen molar-refractivity contribution in [2.45, 2.75) is 31.6 Å². The predicted octanol–water partition coefficient (Wildman–Crippen LogP) is 5.16. The Morgan fingerprint density at radius 2 is 1.79 bits per heavy atom. The van der Waals surface area contributed by atoms with E-state index in [4.69, 9.17) is 4.74 Å². The maximum absolute atomic E-state index is 14.1. The number of aromatic nitrogens is 1.